The number of rotatable bonds is 2. The minimum absolute atomic E-state index is 0.0397. The summed E-state index contributed by atoms with van der Waals surface area (Å²) < 4.78 is 0. The molecule has 1 aromatic carbocycles. The van der Waals surface area contributed by atoms with E-state index in [2.05, 4.69) is 0 Å². The Hall–Kier alpha value is -0.990. The van der Waals surface area contributed by atoms with Crippen molar-refractivity contribution in [2.45, 2.75) is 25.7 Å². The van der Waals surface area contributed by atoms with Gasteiger partial charge >= 0.3 is 0 Å². The minimum atomic E-state index is 0.0397. The lowest BCUT2D eigenvalue weighted by atomic mass is 10.2. The van der Waals surface area contributed by atoms with Gasteiger partial charge in [-0.3, -0.25) is 4.79 Å². The van der Waals surface area contributed by atoms with Crippen molar-refractivity contribution in [3.8, 4) is 0 Å². The predicted octanol–water partition coefficient (Wildman–Crippen LogP) is 4.41. The highest BCUT2D eigenvalue weighted by Gasteiger charge is 2.13. The summed E-state index contributed by atoms with van der Waals surface area (Å²) in [6.45, 7) is 1.69. The first-order valence-corrected chi connectivity index (χ1v) is 7.35. The van der Waals surface area contributed by atoms with Gasteiger partial charge in [0.15, 0.2) is 0 Å². The molecule has 1 aliphatic rings. The monoisotopic (exact) mass is 297 g/mol. The van der Waals surface area contributed by atoms with Crippen LogP contribution in [-0.4, -0.2) is 23.9 Å². The van der Waals surface area contributed by atoms with Crippen LogP contribution in [0.1, 0.15) is 31.2 Å². The van der Waals surface area contributed by atoms with E-state index < -0.39 is 0 Å². The van der Waals surface area contributed by atoms with Crippen LogP contribution in [0.3, 0.4) is 0 Å². The van der Waals surface area contributed by atoms with Gasteiger partial charge in [0.25, 0.3) is 0 Å². The smallest absolute Gasteiger partial charge is 0.246 e. The molecule has 0 spiro atoms. The SMILES string of the molecule is O=C(/C=C\c1c(Cl)cccc1Cl)N1CCCCCC1. The van der Waals surface area contributed by atoms with E-state index in [4.69, 9.17) is 23.2 Å². The quantitative estimate of drug-likeness (QED) is 0.741. The molecule has 0 saturated carbocycles. The van der Waals surface area contributed by atoms with Gasteiger partial charge in [0, 0.05) is 34.8 Å². The molecule has 1 saturated heterocycles. The molecule has 1 heterocycles. The Bertz CT molecular complexity index is 457. The van der Waals surface area contributed by atoms with Crippen molar-refractivity contribution >= 4 is 35.2 Å². The van der Waals surface area contributed by atoms with E-state index in [9.17, 15) is 4.79 Å². The lowest BCUT2D eigenvalue weighted by Crippen LogP contribution is -2.30. The fourth-order valence-corrected chi connectivity index (χ4v) is 2.74. The molecule has 4 heteroatoms. The van der Waals surface area contributed by atoms with Gasteiger partial charge in [-0.2, -0.15) is 0 Å². The summed E-state index contributed by atoms with van der Waals surface area (Å²) in [5.41, 5.74) is 0.703. The molecule has 0 radical (unpaired) electrons. The molecule has 0 aliphatic carbocycles. The second-order valence-electron chi connectivity index (χ2n) is 4.71. The van der Waals surface area contributed by atoms with Crippen LogP contribution in [0.5, 0.6) is 0 Å². The second kappa shape index (κ2) is 6.97. The van der Waals surface area contributed by atoms with Crippen LogP contribution in [0.25, 0.3) is 6.08 Å². The van der Waals surface area contributed by atoms with E-state index in [1.807, 2.05) is 4.90 Å². The highest BCUT2D eigenvalue weighted by molar-refractivity contribution is 6.37. The molecule has 0 atom stereocenters. The maximum atomic E-state index is 12.1. The Morgan fingerprint density at radius 2 is 1.63 bits per heavy atom. The van der Waals surface area contributed by atoms with Crippen molar-refractivity contribution in [3.63, 3.8) is 0 Å². The van der Waals surface area contributed by atoms with Gasteiger partial charge in [0.1, 0.15) is 0 Å². The molecule has 0 aromatic heterocycles. The zero-order valence-corrected chi connectivity index (χ0v) is 12.3. The van der Waals surface area contributed by atoms with Crippen LogP contribution in [0.15, 0.2) is 24.3 Å². The lowest BCUT2D eigenvalue weighted by molar-refractivity contribution is -0.125. The molecule has 0 N–H and O–H groups in total. The molecular formula is C15H17Cl2NO. The zero-order chi connectivity index (χ0) is 13.7. The lowest BCUT2D eigenvalue weighted by Gasteiger charge is -2.18. The molecular weight excluding hydrogens is 281 g/mol. The van der Waals surface area contributed by atoms with Crippen molar-refractivity contribution in [1.82, 2.24) is 4.90 Å². The zero-order valence-electron chi connectivity index (χ0n) is 10.7. The first-order chi connectivity index (χ1) is 9.18. The largest absolute Gasteiger partial charge is 0.339 e. The van der Waals surface area contributed by atoms with Crippen molar-refractivity contribution < 1.29 is 4.79 Å². The van der Waals surface area contributed by atoms with Crippen molar-refractivity contribution in [3.05, 3.63) is 39.9 Å². The average Bonchev–Trinajstić information content (AvgIpc) is 2.66. The summed E-state index contributed by atoms with van der Waals surface area (Å²) in [6.07, 6.45) is 7.88. The van der Waals surface area contributed by atoms with Crippen LogP contribution >= 0.6 is 23.2 Å². The van der Waals surface area contributed by atoms with Crippen LogP contribution in [0.2, 0.25) is 10.0 Å². The fourth-order valence-electron chi connectivity index (χ4n) is 2.22. The molecule has 1 fully saturated rings. The normalized spacial score (nSPS) is 16.6. The van der Waals surface area contributed by atoms with Crippen molar-refractivity contribution in [1.29, 1.82) is 0 Å². The van der Waals surface area contributed by atoms with Crippen molar-refractivity contribution in [2.75, 3.05) is 13.1 Å². The second-order valence-corrected chi connectivity index (χ2v) is 5.52. The van der Waals surface area contributed by atoms with E-state index in [0.717, 1.165) is 25.9 Å². The standard InChI is InChI=1S/C15H17Cl2NO/c16-13-6-5-7-14(17)12(13)8-9-15(19)18-10-3-1-2-4-11-18/h5-9H,1-4,10-11H2/b9-8-. The van der Waals surface area contributed by atoms with E-state index in [1.165, 1.54) is 12.8 Å². The van der Waals surface area contributed by atoms with Gasteiger partial charge in [0.2, 0.25) is 5.91 Å². The number of hydrogen-bond acceptors (Lipinski definition) is 1. The molecule has 0 unspecified atom stereocenters. The summed E-state index contributed by atoms with van der Waals surface area (Å²) in [6, 6.07) is 5.33. The molecule has 1 aliphatic heterocycles. The first kappa shape index (κ1) is 14.4. The summed E-state index contributed by atoms with van der Waals surface area (Å²) >= 11 is 12.1. The number of benzene rings is 1. The maximum absolute atomic E-state index is 12.1. The Labute approximate surface area is 124 Å². The third-order valence-corrected chi connectivity index (χ3v) is 3.97. The van der Waals surface area contributed by atoms with Gasteiger partial charge in [-0.05, 0) is 31.1 Å². The Kier molecular flexibility index (Phi) is 5.29. The van der Waals surface area contributed by atoms with Crippen LogP contribution in [0.4, 0.5) is 0 Å². The number of amides is 1. The van der Waals surface area contributed by atoms with Crippen LogP contribution < -0.4 is 0 Å². The summed E-state index contributed by atoms with van der Waals surface area (Å²) in [5, 5.41) is 1.12. The number of carbonyl (C=O) groups excluding carboxylic acids is 1. The molecule has 102 valence electrons. The number of halogens is 2. The van der Waals surface area contributed by atoms with E-state index in [0.29, 0.717) is 15.6 Å². The summed E-state index contributed by atoms with van der Waals surface area (Å²) in [4.78, 5) is 14.0. The molecule has 1 aromatic rings. The number of nitrogens with zero attached hydrogens (tertiary/aromatic N) is 1. The Morgan fingerprint density at radius 3 is 2.21 bits per heavy atom. The van der Waals surface area contributed by atoms with Gasteiger partial charge in [-0.1, -0.05) is 42.1 Å². The average molecular weight is 298 g/mol. The number of hydrogen-bond donors (Lipinski definition) is 0. The van der Waals surface area contributed by atoms with Crippen LogP contribution in [-0.2, 0) is 4.79 Å². The van der Waals surface area contributed by atoms with Gasteiger partial charge in [-0.25, -0.2) is 0 Å². The minimum Gasteiger partial charge on any atom is -0.339 e. The van der Waals surface area contributed by atoms with Crippen LogP contribution in [0, 0.1) is 0 Å². The van der Waals surface area contributed by atoms with E-state index >= 15 is 0 Å². The van der Waals surface area contributed by atoms with E-state index in [1.54, 1.807) is 30.4 Å². The van der Waals surface area contributed by atoms with E-state index in [-0.39, 0.29) is 5.91 Å². The fraction of sp³-hybridized carbons (Fsp3) is 0.400. The van der Waals surface area contributed by atoms with Gasteiger partial charge in [-0.15, -0.1) is 0 Å². The highest BCUT2D eigenvalue weighted by atomic mass is 35.5. The van der Waals surface area contributed by atoms with Gasteiger partial charge < -0.3 is 4.90 Å². The topological polar surface area (TPSA) is 20.3 Å². The molecule has 0 bridgehead atoms. The first-order valence-electron chi connectivity index (χ1n) is 6.59. The number of likely N-dealkylation sites (tertiary alicyclic amines) is 1. The third-order valence-electron chi connectivity index (χ3n) is 3.31. The summed E-state index contributed by atoms with van der Waals surface area (Å²) in [7, 11) is 0. The molecule has 1 amide bonds. The molecule has 2 nitrogen and oxygen atoms in total. The number of carbonyl (C=O) groups is 1. The Morgan fingerprint density at radius 1 is 1.05 bits per heavy atom. The highest BCUT2D eigenvalue weighted by Crippen LogP contribution is 2.25. The van der Waals surface area contributed by atoms with Gasteiger partial charge in [0.05, 0.1) is 0 Å². The van der Waals surface area contributed by atoms with Crippen molar-refractivity contribution in [2.24, 2.45) is 0 Å². The predicted molar refractivity (Wildman–Crippen MR) is 80.5 cm³/mol. The third kappa shape index (κ3) is 3.99. The molecule has 19 heavy (non-hydrogen) atoms. The Balaban J connectivity index is 2.07. The maximum Gasteiger partial charge on any atom is 0.246 e. The molecule has 2 rings (SSSR count). The summed E-state index contributed by atoms with van der Waals surface area (Å²) in [5.74, 6) is 0.0397.